The van der Waals surface area contributed by atoms with Crippen molar-refractivity contribution in [1.29, 1.82) is 5.26 Å². The summed E-state index contributed by atoms with van der Waals surface area (Å²) in [5.74, 6) is 0.541. The monoisotopic (exact) mass is 356 g/mol. The first-order valence-corrected chi connectivity index (χ1v) is 9.51. The highest BCUT2D eigenvalue weighted by Crippen LogP contribution is 2.34. The molecule has 0 spiro atoms. The van der Waals surface area contributed by atoms with Crippen molar-refractivity contribution < 1.29 is 0 Å². The molecule has 0 radical (unpaired) electrons. The van der Waals surface area contributed by atoms with Gasteiger partial charge in [-0.2, -0.15) is 5.26 Å². The molecule has 4 nitrogen and oxygen atoms in total. The molecule has 1 aliphatic rings. The minimum Gasteiger partial charge on any atom is -0.370 e. The Hall–Kier alpha value is -3.03. The molecule has 27 heavy (non-hydrogen) atoms. The number of piperidine rings is 1. The van der Waals surface area contributed by atoms with Gasteiger partial charge in [-0.05, 0) is 54.2 Å². The summed E-state index contributed by atoms with van der Waals surface area (Å²) in [5, 5.41) is 9.82. The zero-order valence-corrected chi connectivity index (χ0v) is 15.4. The van der Waals surface area contributed by atoms with Crippen molar-refractivity contribution in [3.05, 3.63) is 83.7 Å². The lowest BCUT2D eigenvalue weighted by molar-refractivity contribution is 0.502. The molecule has 2 heterocycles. The molecule has 4 heteroatoms. The molecule has 1 fully saturated rings. The van der Waals surface area contributed by atoms with E-state index in [0.29, 0.717) is 12.5 Å². The van der Waals surface area contributed by atoms with Gasteiger partial charge in [0, 0.05) is 32.0 Å². The second-order valence-corrected chi connectivity index (χ2v) is 7.04. The van der Waals surface area contributed by atoms with Crippen LogP contribution in [0.3, 0.4) is 0 Å². The van der Waals surface area contributed by atoms with Crippen LogP contribution in [0.1, 0.15) is 35.4 Å². The minimum atomic E-state index is 0.541. The van der Waals surface area contributed by atoms with E-state index >= 15 is 0 Å². The van der Waals surface area contributed by atoms with E-state index in [-0.39, 0.29) is 0 Å². The van der Waals surface area contributed by atoms with E-state index in [1.54, 1.807) is 0 Å². The lowest BCUT2D eigenvalue weighted by Gasteiger charge is -2.35. The normalized spacial score (nSPS) is 14.9. The first-order valence-electron chi connectivity index (χ1n) is 9.51. The van der Waals surface area contributed by atoms with E-state index in [0.717, 1.165) is 42.9 Å². The number of aromatic nitrogens is 1. The first-order chi connectivity index (χ1) is 13.3. The van der Waals surface area contributed by atoms with Crippen molar-refractivity contribution in [1.82, 2.24) is 4.57 Å². The number of nitrogens with two attached hydrogens (primary N) is 1. The molecule has 1 saturated heterocycles. The predicted octanol–water partition coefficient (Wildman–Crippen LogP) is 4.19. The van der Waals surface area contributed by atoms with E-state index < -0.39 is 0 Å². The van der Waals surface area contributed by atoms with Crippen LogP contribution in [0.15, 0.2) is 67.0 Å². The van der Waals surface area contributed by atoms with Gasteiger partial charge in [0.15, 0.2) is 0 Å². The van der Waals surface area contributed by atoms with E-state index in [1.807, 2.05) is 41.2 Å². The molecule has 3 aromatic rings. The Morgan fingerprint density at radius 2 is 1.63 bits per heavy atom. The van der Waals surface area contributed by atoms with Crippen molar-refractivity contribution in [2.24, 2.45) is 5.73 Å². The zero-order chi connectivity index (χ0) is 18.6. The Balaban J connectivity index is 1.57. The fourth-order valence-corrected chi connectivity index (χ4v) is 4.17. The van der Waals surface area contributed by atoms with Gasteiger partial charge in [0.2, 0.25) is 0 Å². The molecule has 0 unspecified atom stereocenters. The van der Waals surface area contributed by atoms with Crippen LogP contribution in [0.2, 0.25) is 0 Å². The van der Waals surface area contributed by atoms with Crippen molar-refractivity contribution in [2.75, 3.05) is 18.0 Å². The summed E-state index contributed by atoms with van der Waals surface area (Å²) in [4.78, 5) is 2.35. The SMILES string of the molecule is N#Cc1c(N2CCC(c3ccccc3CN)CC2)cccc1-n1cccc1. The molecule has 2 aromatic carbocycles. The van der Waals surface area contributed by atoms with Gasteiger partial charge in [-0.1, -0.05) is 30.3 Å². The van der Waals surface area contributed by atoms with Crippen LogP contribution in [0.5, 0.6) is 0 Å². The fraction of sp³-hybridized carbons (Fsp3) is 0.261. The van der Waals surface area contributed by atoms with Crippen LogP contribution in [0.4, 0.5) is 5.69 Å². The summed E-state index contributed by atoms with van der Waals surface area (Å²) in [6, 6.07) is 21.0. The van der Waals surface area contributed by atoms with Gasteiger partial charge in [0.05, 0.1) is 16.9 Å². The van der Waals surface area contributed by atoms with E-state index in [1.165, 1.54) is 11.1 Å². The topological polar surface area (TPSA) is 58.0 Å². The lowest BCUT2D eigenvalue weighted by atomic mass is 9.86. The van der Waals surface area contributed by atoms with Crippen molar-refractivity contribution >= 4 is 5.69 Å². The lowest BCUT2D eigenvalue weighted by Crippen LogP contribution is -2.33. The van der Waals surface area contributed by atoms with Gasteiger partial charge in [0.1, 0.15) is 6.07 Å². The van der Waals surface area contributed by atoms with Gasteiger partial charge in [-0.15, -0.1) is 0 Å². The first kappa shape index (κ1) is 17.4. The summed E-state index contributed by atoms with van der Waals surface area (Å²) in [6.45, 7) is 2.49. The number of nitrogens with zero attached hydrogens (tertiary/aromatic N) is 3. The Labute approximate surface area is 160 Å². The molecule has 2 N–H and O–H groups in total. The van der Waals surface area contributed by atoms with Gasteiger partial charge in [-0.3, -0.25) is 0 Å². The fourth-order valence-electron chi connectivity index (χ4n) is 4.17. The highest BCUT2D eigenvalue weighted by Gasteiger charge is 2.24. The van der Waals surface area contributed by atoms with Crippen molar-refractivity contribution in [2.45, 2.75) is 25.3 Å². The van der Waals surface area contributed by atoms with E-state index in [9.17, 15) is 5.26 Å². The summed E-state index contributed by atoms with van der Waals surface area (Å²) in [6.07, 6.45) is 6.12. The largest absolute Gasteiger partial charge is 0.370 e. The molecular weight excluding hydrogens is 332 g/mol. The summed E-state index contributed by atoms with van der Waals surface area (Å²) >= 11 is 0. The van der Waals surface area contributed by atoms with Crippen LogP contribution in [-0.2, 0) is 6.54 Å². The van der Waals surface area contributed by atoms with Gasteiger partial charge in [-0.25, -0.2) is 0 Å². The Bertz CT molecular complexity index is 945. The highest BCUT2D eigenvalue weighted by molar-refractivity contribution is 5.68. The van der Waals surface area contributed by atoms with Gasteiger partial charge < -0.3 is 15.2 Å². The molecule has 4 rings (SSSR count). The van der Waals surface area contributed by atoms with Gasteiger partial charge in [0.25, 0.3) is 0 Å². The van der Waals surface area contributed by atoms with Crippen molar-refractivity contribution in [3.63, 3.8) is 0 Å². The number of hydrogen-bond donors (Lipinski definition) is 1. The van der Waals surface area contributed by atoms with Crippen LogP contribution < -0.4 is 10.6 Å². The number of benzene rings is 2. The van der Waals surface area contributed by atoms with E-state index in [2.05, 4.69) is 41.3 Å². The molecule has 1 aromatic heterocycles. The highest BCUT2D eigenvalue weighted by atomic mass is 15.1. The second kappa shape index (κ2) is 7.69. The third kappa shape index (κ3) is 3.34. The second-order valence-electron chi connectivity index (χ2n) is 7.04. The van der Waals surface area contributed by atoms with E-state index in [4.69, 9.17) is 5.73 Å². The Kier molecular flexibility index (Phi) is 4.95. The van der Waals surface area contributed by atoms with Gasteiger partial charge >= 0.3 is 0 Å². The standard InChI is InChI=1S/C23H24N4/c24-16-19-6-1-2-7-20(19)18-10-14-27(15-11-18)23-9-5-8-22(21(23)17-25)26-12-3-4-13-26/h1-9,12-13,18H,10-11,14-16,24H2. The summed E-state index contributed by atoms with van der Waals surface area (Å²) < 4.78 is 2.01. The molecule has 0 atom stereocenters. The molecular formula is C23H24N4. The third-order valence-corrected chi connectivity index (χ3v) is 5.57. The number of nitriles is 1. The third-order valence-electron chi connectivity index (χ3n) is 5.57. The summed E-state index contributed by atoms with van der Waals surface area (Å²) in [5.41, 5.74) is 11.3. The Morgan fingerprint density at radius 3 is 2.33 bits per heavy atom. The minimum absolute atomic E-state index is 0.541. The zero-order valence-electron chi connectivity index (χ0n) is 15.4. The maximum Gasteiger partial charge on any atom is 0.104 e. The average Bonchev–Trinajstić information content (AvgIpc) is 3.28. The molecule has 0 bridgehead atoms. The number of anilines is 1. The maximum absolute atomic E-state index is 9.82. The average molecular weight is 356 g/mol. The molecule has 0 aliphatic carbocycles. The molecule has 1 aliphatic heterocycles. The quantitative estimate of drug-likeness (QED) is 0.762. The maximum atomic E-state index is 9.82. The van der Waals surface area contributed by atoms with Crippen LogP contribution in [0.25, 0.3) is 5.69 Å². The molecule has 136 valence electrons. The van der Waals surface area contributed by atoms with Crippen molar-refractivity contribution in [3.8, 4) is 11.8 Å². The molecule has 0 saturated carbocycles. The Morgan fingerprint density at radius 1 is 0.926 bits per heavy atom. The summed E-state index contributed by atoms with van der Waals surface area (Å²) in [7, 11) is 0. The number of hydrogen-bond acceptors (Lipinski definition) is 3. The van der Waals surface area contributed by atoms with Crippen LogP contribution >= 0.6 is 0 Å². The smallest absolute Gasteiger partial charge is 0.104 e. The predicted molar refractivity (Wildman–Crippen MR) is 109 cm³/mol. The van der Waals surface area contributed by atoms with Crippen LogP contribution in [0, 0.1) is 11.3 Å². The molecule has 0 amide bonds. The number of rotatable bonds is 4. The van der Waals surface area contributed by atoms with Crippen LogP contribution in [-0.4, -0.2) is 17.7 Å².